The number of imidazole rings is 2. The summed E-state index contributed by atoms with van der Waals surface area (Å²) in [5.41, 5.74) is 1.06. The number of hydrogen-bond acceptors (Lipinski definition) is 4. The van der Waals surface area contributed by atoms with Gasteiger partial charge in [0.2, 0.25) is 0 Å². The molecule has 1 N–H and O–H groups in total. The van der Waals surface area contributed by atoms with Gasteiger partial charge in [0.15, 0.2) is 11.6 Å². The highest BCUT2D eigenvalue weighted by Crippen LogP contribution is 2.24. The molecule has 92 valence electrons. The minimum atomic E-state index is 0.151. The Morgan fingerprint density at radius 3 is 2.89 bits per heavy atom. The zero-order chi connectivity index (χ0) is 12.5. The third-order valence-corrected chi connectivity index (χ3v) is 3.65. The molecule has 1 unspecified atom stereocenters. The molecule has 0 aliphatic carbocycles. The molecule has 6 heteroatoms. The Morgan fingerprint density at radius 1 is 1.33 bits per heavy atom. The van der Waals surface area contributed by atoms with E-state index in [0.717, 1.165) is 22.4 Å². The molecule has 3 aromatic rings. The summed E-state index contributed by atoms with van der Waals surface area (Å²) < 4.78 is 2.08. The first-order valence-electron chi connectivity index (χ1n) is 5.70. The van der Waals surface area contributed by atoms with E-state index in [1.807, 2.05) is 13.1 Å². The molecule has 3 aromatic heterocycles. The molecule has 0 bridgehead atoms. The number of thiazole rings is 1. The highest BCUT2D eigenvalue weighted by molar-refractivity contribution is 7.09. The van der Waals surface area contributed by atoms with Crippen LogP contribution in [-0.2, 0) is 0 Å². The number of nitrogens with zero attached hydrogens (tertiary/aromatic N) is 4. The van der Waals surface area contributed by atoms with E-state index in [2.05, 4.69) is 36.8 Å². The molecule has 5 nitrogen and oxygen atoms in total. The lowest BCUT2D eigenvalue weighted by molar-refractivity contribution is 0.627. The molecule has 0 aliphatic rings. The van der Waals surface area contributed by atoms with E-state index < -0.39 is 0 Å². The molecule has 18 heavy (non-hydrogen) atoms. The summed E-state index contributed by atoms with van der Waals surface area (Å²) >= 11 is 1.67. The highest BCUT2D eigenvalue weighted by Gasteiger charge is 2.16. The van der Waals surface area contributed by atoms with Crippen LogP contribution in [0.2, 0.25) is 0 Å². The Morgan fingerprint density at radius 2 is 2.22 bits per heavy atom. The molecule has 0 fully saturated rings. The normalized spacial score (nSPS) is 12.8. The maximum Gasteiger partial charge on any atom is 0.176 e. The molecular formula is C12H13N5S. The molecule has 3 rings (SSSR count). The van der Waals surface area contributed by atoms with E-state index in [4.69, 9.17) is 0 Å². The predicted molar refractivity (Wildman–Crippen MR) is 70.5 cm³/mol. The van der Waals surface area contributed by atoms with Gasteiger partial charge in [-0.3, -0.25) is 0 Å². The second-order valence-corrected chi connectivity index (χ2v) is 5.13. The first kappa shape index (κ1) is 11.2. The van der Waals surface area contributed by atoms with Crippen molar-refractivity contribution in [2.24, 2.45) is 0 Å². The van der Waals surface area contributed by atoms with E-state index in [1.165, 1.54) is 0 Å². The number of aryl methyl sites for hydroxylation is 1. The third-order valence-electron chi connectivity index (χ3n) is 2.86. The fourth-order valence-corrected chi connectivity index (χ4v) is 2.61. The van der Waals surface area contributed by atoms with Gasteiger partial charge >= 0.3 is 0 Å². The zero-order valence-electron chi connectivity index (χ0n) is 10.2. The van der Waals surface area contributed by atoms with Gasteiger partial charge in [0.1, 0.15) is 0 Å². The fourth-order valence-electron chi connectivity index (χ4n) is 1.91. The summed E-state index contributed by atoms with van der Waals surface area (Å²) in [6, 6.07) is 0.151. The van der Waals surface area contributed by atoms with Crippen molar-refractivity contribution in [1.82, 2.24) is 24.5 Å². The molecule has 0 aliphatic heterocycles. The lowest BCUT2D eigenvalue weighted by Gasteiger charge is -2.13. The van der Waals surface area contributed by atoms with Gasteiger partial charge in [-0.15, -0.1) is 11.3 Å². The van der Waals surface area contributed by atoms with Crippen LogP contribution in [0.25, 0.3) is 11.6 Å². The summed E-state index contributed by atoms with van der Waals surface area (Å²) in [4.78, 5) is 16.2. The van der Waals surface area contributed by atoms with Crippen LogP contribution in [0, 0.1) is 6.92 Å². The van der Waals surface area contributed by atoms with Gasteiger partial charge in [-0.1, -0.05) is 0 Å². The van der Waals surface area contributed by atoms with Gasteiger partial charge in [0, 0.05) is 30.2 Å². The van der Waals surface area contributed by atoms with Crippen LogP contribution in [0.15, 0.2) is 30.2 Å². The zero-order valence-corrected chi connectivity index (χ0v) is 11.0. The van der Waals surface area contributed by atoms with Gasteiger partial charge < -0.3 is 9.55 Å². The van der Waals surface area contributed by atoms with Crippen LogP contribution < -0.4 is 0 Å². The minimum absolute atomic E-state index is 0.151. The van der Waals surface area contributed by atoms with Crippen molar-refractivity contribution in [2.75, 3.05) is 0 Å². The van der Waals surface area contributed by atoms with Gasteiger partial charge in [0.05, 0.1) is 16.7 Å². The van der Waals surface area contributed by atoms with E-state index >= 15 is 0 Å². The Balaban J connectivity index is 2.00. The molecule has 0 amide bonds. The molecule has 0 saturated heterocycles. The Bertz CT molecular complexity index is 637. The van der Waals surface area contributed by atoms with E-state index in [1.54, 1.807) is 29.9 Å². The lowest BCUT2D eigenvalue weighted by atomic mass is 10.2. The number of rotatable bonds is 3. The molecular weight excluding hydrogens is 246 g/mol. The lowest BCUT2D eigenvalue weighted by Crippen LogP contribution is -2.08. The highest BCUT2D eigenvalue weighted by atomic mass is 32.1. The van der Waals surface area contributed by atoms with Crippen molar-refractivity contribution < 1.29 is 0 Å². The van der Waals surface area contributed by atoms with Crippen molar-refractivity contribution in [3.63, 3.8) is 0 Å². The molecule has 0 aromatic carbocycles. The maximum atomic E-state index is 4.53. The largest absolute Gasteiger partial charge is 0.342 e. The van der Waals surface area contributed by atoms with Crippen molar-refractivity contribution in [1.29, 1.82) is 0 Å². The van der Waals surface area contributed by atoms with Crippen LogP contribution in [0.5, 0.6) is 0 Å². The smallest absolute Gasteiger partial charge is 0.176 e. The van der Waals surface area contributed by atoms with Gasteiger partial charge in [0.25, 0.3) is 0 Å². The van der Waals surface area contributed by atoms with Crippen LogP contribution >= 0.6 is 11.3 Å². The second-order valence-electron chi connectivity index (χ2n) is 4.06. The molecule has 0 radical (unpaired) electrons. The standard InChI is InChI=1S/C12H13N5S/c1-8(10-7-18-9(2)16-10)17-6-5-15-12(17)11-13-3-4-14-11/h3-8H,1-2H3,(H,13,14). The Kier molecular flexibility index (Phi) is 2.71. The predicted octanol–water partition coefficient (Wildman–Crippen LogP) is 2.65. The average Bonchev–Trinajstić information content (AvgIpc) is 3.08. The van der Waals surface area contributed by atoms with Crippen LogP contribution in [-0.4, -0.2) is 24.5 Å². The summed E-state index contributed by atoms with van der Waals surface area (Å²) in [6.45, 7) is 4.13. The monoisotopic (exact) mass is 259 g/mol. The minimum Gasteiger partial charge on any atom is -0.342 e. The van der Waals surface area contributed by atoms with Crippen molar-refractivity contribution in [3.8, 4) is 11.6 Å². The first-order chi connectivity index (χ1) is 8.75. The number of H-pyrrole nitrogens is 1. The molecule has 1 atom stereocenters. The number of hydrogen-bond donors (Lipinski definition) is 1. The Labute approximate surface area is 109 Å². The van der Waals surface area contributed by atoms with E-state index in [9.17, 15) is 0 Å². The van der Waals surface area contributed by atoms with Gasteiger partial charge in [-0.05, 0) is 13.8 Å². The van der Waals surface area contributed by atoms with Gasteiger partial charge in [-0.25, -0.2) is 15.0 Å². The van der Waals surface area contributed by atoms with Crippen molar-refractivity contribution >= 4 is 11.3 Å². The topological polar surface area (TPSA) is 59.4 Å². The van der Waals surface area contributed by atoms with Crippen molar-refractivity contribution in [3.05, 3.63) is 40.9 Å². The average molecular weight is 259 g/mol. The second kappa shape index (κ2) is 4.38. The summed E-state index contributed by atoms with van der Waals surface area (Å²) in [7, 11) is 0. The molecule has 0 saturated carbocycles. The van der Waals surface area contributed by atoms with Crippen LogP contribution in [0.4, 0.5) is 0 Å². The third kappa shape index (κ3) is 1.84. The summed E-state index contributed by atoms with van der Waals surface area (Å²) in [6.07, 6.45) is 7.27. The van der Waals surface area contributed by atoms with Gasteiger partial charge in [-0.2, -0.15) is 0 Å². The summed E-state index contributed by atoms with van der Waals surface area (Å²) in [5.74, 6) is 1.61. The molecule has 0 spiro atoms. The quantitative estimate of drug-likeness (QED) is 0.786. The Hall–Kier alpha value is -1.95. The number of aromatic amines is 1. The first-order valence-corrected chi connectivity index (χ1v) is 6.58. The fraction of sp³-hybridized carbons (Fsp3) is 0.250. The molecule has 3 heterocycles. The van der Waals surface area contributed by atoms with E-state index in [0.29, 0.717) is 0 Å². The van der Waals surface area contributed by atoms with Crippen molar-refractivity contribution in [2.45, 2.75) is 19.9 Å². The number of aromatic nitrogens is 5. The van der Waals surface area contributed by atoms with Crippen LogP contribution in [0.1, 0.15) is 23.7 Å². The summed E-state index contributed by atoms with van der Waals surface area (Å²) in [5, 5.41) is 3.17. The van der Waals surface area contributed by atoms with E-state index in [-0.39, 0.29) is 6.04 Å². The maximum absolute atomic E-state index is 4.53. The number of nitrogens with one attached hydrogen (secondary N) is 1. The van der Waals surface area contributed by atoms with Crippen LogP contribution in [0.3, 0.4) is 0 Å². The SMILES string of the molecule is Cc1nc(C(C)n2ccnc2-c2ncc[nH]2)cs1.